The first-order valence-electron chi connectivity index (χ1n) is 11.0. The summed E-state index contributed by atoms with van der Waals surface area (Å²) in [6.45, 7) is 9.47. The number of hydrogen-bond donors (Lipinski definition) is 1. The lowest BCUT2D eigenvalue weighted by Crippen LogP contribution is -2.51. The number of amides is 2. The van der Waals surface area contributed by atoms with Crippen molar-refractivity contribution in [2.75, 3.05) is 31.5 Å². The fraction of sp³-hybridized carbons (Fsp3) is 0.296. The first-order chi connectivity index (χ1) is 15.0. The van der Waals surface area contributed by atoms with E-state index in [1.54, 1.807) is 0 Å². The minimum atomic E-state index is -0.0167. The molecule has 0 spiro atoms. The molecule has 1 saturated heterocycles. The average molecular weight is 414 g/mol. The summed E-state index contributed by atoms with van der Waals surface area (Å²) in [5.41, 5.74) is 7.19. The summed E-state index contributed by atoms with van der Waals surface area (Å²) in [5.74, 6) is 0. The SMILES string of the molecule is Cc1ccc(C)c([C@@H](c2ccccc2)N2CCN(C(=O)Nc3ccccc3C)CC2)c1. The van der Waals surface area contributed by atoms with E-state index in [2.05, 4.69) is 72.6 Å². The van der Waals surface area contributed by atoms with Crippen LogP contribution in [0.4, 0.5) is 10.5 Å². The molecule has 0 aromatic heterocycles. The number of carbonyl (C=O) groups excluding carboxylic acids is 1. The molecular weight excluding hydrogens is 382 g/mol. The molecule has 1 atom stereocenters. The van der Waals surface area contributed by atoms with Gasteiger partial charge in [0.1, 0.15) is 0 Å². The number of nitrogens with zero attached hydrogens (tertiary/aromatic N) is 2. The van der Waals surface area contributed by atoms with Crippen LogP contribution < -0.4 is 5.32 Å². The molecule has 0 bridgehead atoms. The zero-order valence-electron chi connectivity index (χ0n) is 18.6. The Labute approximate surface area is 185 Å². The van der Waals surface area contributed by atoms with Crippen molar-refractivity contribution in [1.29, 1.82) is 0 Å². The van der Waals surface area contributed by atoms with E-state index in [0.717, 1.165) is 24.3 Å². The monoisotopic (exact) mass is 413 g/mol. The summed E-state index contributed by atoms with van der Waals surface area (Å²) in [6.07, 6.45) is 0. The lowest BCUT2D eigenvalue weighted by molar-refractivity contribution is 0.126. The van der Waals surface area contributed by atoms with Gasteiger partial charge in [0.25, 0.3) is 0 Å². The summed E-state index contributed by atoms with van der Waals surface area (Å²) in [7, 11) is 0. The van der Waals surface area contributed by atoms with Crippen LogP contribution >= 0.6 is 0 Å². The van der Waals surface area contributed by atoms with E-state index < -0.39 is 0 Å². The Morgan fingerprint density at radius 3 is 2.19 bits per heavy atom. The van der Waals surface area contributed by atoms with Gasteiger partial charge in [0.05, 0.1) is 6.04 Å². The highest BCUT2D eigenvalue weighted by Crippen LogP contribution is 2.32. The summed E-state index contributed by atoms with van der Waals surface area (Å²) >= 11 is 0. The van der Waals surface area contributed by atoms with E-state index in [1.807, 2.05) is 36.1 Å². The van der Waals surface area contributed by atoms with Gasteiger partial charge in [0.2, 0.25) is 0 Å². The highest BCUT2D eigenvalue weighted by atomic mass is 16.2. The first kappa shape index (κ1) is 21.1. The van der Waals surface area contributed by atoms with Gasteiger partial charge in [-0.15, -0.1) is 0 Å². The maximum absolute atomic E-state index is 12.8. The highest BCUT2D eigenvalue weighted by molar-refractivity contribution is 5.90. The molecule has 2 amide bonds. The number of para-hydroxylation sites is 1. The summed E-state index contributed by atoms with van der Waals surface area (Å²) in [4.78, 5) is 17.3. The van der Waals surface area contributed by atoms with Gasteiger partial charge in [-0.3, -0.25) is 4.90 Å². The summed E-state index contributed by atoms with van der Waals surface area (Å²) in [6, 6.07) is 25.5. The van der Waals surface area contributed by atoms with Gasteiger partial charge < -0.3 is 10.2 Å². The minimum Gasteiger partial charge on any atom is -0.322 e. The number of rotatable bonds is 4. The van der Waals surface area contributed by atoms with Crippen molar-refractivity contribution in [2.45, 2.75) is 26.8 Å². The third-order valence-corrected chi connectivity index (χ3v) is 6.20. The second-order valence-corrected chi connectivity index (χ2v) is 8.44. The van der Waals surface area contributed by atoms with Crippen molar-refractivity contribution in [3.8, 4) is 0 Å². The van der Waals surface area contributed by atoms with Crippen molar-refractivity contribution in [3.05, 3.63) is 101 Å². The number of hydrogen-bond acceptors (Lipinski definition) is 2. The fourth-order valence-corrected chi connectivity index (χ4v) is 4.37. The summed E-state index contributed by atoms with van der Waals surface area (Å²) in [5, 5.41) is 3.07. The number of nitrogens with one attached hydrogen (secondary N) is 1. The van der Waals surface area contributed by atoms with Gasteiger partial charge in [0.15, 0.2) is 0 Å². The topological polar surface area (TPSA) is 35.6 Å². The van der Waals surface area contributed by atoms with Crippen LogP contribution in [-0.2, 0) is 0 Å². The van der Waals surface area contributed by atoms with Crippen LogP contribution in [0.5, 0.6) is 0 Å². The number of aryl methyl sites for hydroxylation is 3. The number of urea groups is 1. The minimum absolute atomic E-state index is 0.0167. The van der Waals surface area contributed by atoms with E-state index >= 15 is 0 Å². The van der Waals surface area contributed by atoms with Gasteiger partial charge >= 0.3 is 6.03 Å². The molecule has 1 aliphatic heterocycles. The molecule has 4 rings (SSSR count). The van der Waals surface area contributed by atoms with Gasteiger partial charge in [-0.05, 0) is 49.1 Å². The van der Waals surface area contributed by atoms with Crippen molar-refractivity contribution in [1.82, 2.24) is 9.80 Å². The predicted molar refractivity (Wildman–Crippen MR) is 128 cm³/mol. The molecule has 4 nitrogen and oxygen atoms in total. The molecule has 3 aromatic carbocycles. The molecule has 0 saturated carbocycles. The summed E-state index contributed by atoms with van der Waals surface area (Å²) < 4.78 is 0. The fourth-order valence-electron chi connectivity index (χ4n) is 4.37. The van der Waals surface area contributed by atoms with Gasteiger partial charge in [-0.25, -0.2) is 4.79 Å². The largest absolute Gasteiger partial charge is 0.322 e. The molecule has 0 radical (unpaired) electrons. The van der Waals surface area contributed by atoms with Crippen LogP contribution in [0.25, 0.3) is 0 Å². The predicted octanol–water partition coefficient (Wildman–Crippen LogP) is 5.55. The zero-order chi connectivity index (χ0) is 21.8. The Morgan fingerprint density at radius 1 is 0.806 bits per heavy atom. The lowest BCUT2D eigenvalue weighted by Gasteiger charge is -2.40. The maximum atomic E-state index is 12.8. The smallest absolute Gasteiger partial charge is 0.321 e. The van der Waals surface area contributed by atoms with Crippen LogP contribution in [0.3, 0.4) is 0 Å². The molecule has 1 fully saturated rings. The molecule has 4 heteroatoms. The third-order valence-electron chi connectivity index (χ3n) is 6.20. The first-order valence-corrected chi connectivity index (χ1v) is 11.0. The zero-order valence-corrected chi connectivity index (χ0v) is 18.6. The molecule has 0 aliphatic carbocycles. The van der Waals surface area contributed by atoms with E-state index in [-0.39, 0.29) is 12.1 Å². The Hall–Kier alpha value is -3.11. The average Bonchev–Trinajstić information content (AvgIpc) is 2.79. The van der Waals surface area contributed by atoms with Crippen LogP contribution in [0.2, 0.25) is 0 Å². The Bertz CT molecular complexity index is 1040. The van der Waals surface area contributed by atoms with Crippen LogP contribution in [0.15, 0.2) is 72.8 Å². The third kappa shape index (κ3) is 4.80. The van der Waals surface area contributed by atoms with E-state index in [9.17, 15) is 4.79 Å². The molecule has 1 heterocycles. The van der Waals surface area contributed by atoms with Gasteiger partial charge in [-0.1, -0.05) is 72.3 Å². The molecular formula is C27H31N3O. The molecule has 3 aromatic rings. The van der Waals surface area contributed by atoms with E-state index in [1.165, 1.54) is 22.3 Å². The van der Waals surface area contributed by atoms with Crippen LogP contribution in [0.1, 0.15) is 33.9 Å². The quantitative estimate of drug-likeness (QED) is 0.609. The number of piperazine rings is 1. The second kappa shape index (κ2) is 9.36. The van der Waals surface area contributed by atoms with Crippen molar-refractivity contribution in [3.63, 3.8) is 0 Å². The molecule has 0 unspecified atom stereocenters. The Balaban J connectivity index is 1.51. The van der Waals surface area contributed by atoms with Crippen LogP contribution in [-0.4, -0.2) is 42.0 Å². The van der Waals surface area contributed by atoms with E-state index in [4.69, 9.17) is 0 Å². The highest BCUT2D eigenvalue weighted by Gasteiger charge is 2.29. The van der Waals surface area contributed by atoms with Crippen molar-refractivity contribution >= 4 is 11.7 Å². The molecule has 1 N–H and O–H groups in total. The van der Waals surface area contributed by atoms with Crippen LogP contribution in [0, 0.1) is 20.8 Å². The van der Waals surface area contributed by atoms with E-state index in [0.29, 0.717) is 13.1 Å². The van der Waals surface area contributed by atoms with Gasteiger partial charge in [-0.2, -0.15) is 0 Å². The standard InChI is InChI=1S/C27H31N3O/c1-20-13-14-21(2)24(19-20)26(23-10-5-4-6-11-23)29-15-17-30(18-16-29)27(31)28-25-12-8-7-9-22(25)3/h4-14,19,26H,15-18H2,1-3H3,(H,28,31)/t26-/m1/s1. The maximum Gasteiger partial charge on any atom is 0.321 e. The normalized spacial score (nSPS) is 15.5. The Morgan fingerprint density at radius 2 is 1.48 bits per heavy atom. The Kier molecular flexibility index (Phi) is 6.38. The van der Waals surface area contributed by atoms with Gasteiger partial charge in [0, 0.05) is 31.9 Å². The molecule has 31 heavy (non-hydrogen) atoms. The second-order valence-electron chi connectivity index (χ2n) is 8.44. The number of benzene rings is 3. The molecule has 160 valence electrons. The number of anilines is 1. The van der Waals surface area contributed by atoms with Crippen molar-refractivity contribution < 1.29 is 4.79 Å². The number of carbonyl (C=O) groups is 1. The van der Waals surface area contributed by atoms with Crippen molar-refractivity contribution in [2.24, 2.45) is 0 Å². The lowest BCUT2D eigenvalue weighted by atomic mass is 9.92. The molecule has 1 aliphatic rings.